The number of carbonyl (C=O) groups excluding carboxylic acids is 1. The Balaban J connectivity index is 1.32. The van der Waals surface area contributed by atoms with Crippen molar-refractivity contribution in [3.8, 4) is 11.3 Å². The Morgan fingerprint density at radius 2 is 2.12 bits per heavy atom. The molecule has 2 N–H and O–H groups in total. The summed E-state index contributed by atoms with van der Waals surface area (Å²) in [6.45, 7) is 0. The lowest BCUT2D eigenvalue weighted by Gasteiger charge is -2.04. The fourth-order valence-electron chi connectivity index (χ4n) is 2.84. The highest BCUT2D eigenvalue weighted by molar-refractivity contribution is 7.15. The van der Waals surface area contributed by atoms with Gasteiger partial charge in [-0.3, -0.25) is 14.3 Å². The van der Waals surface area contributed by atoms with Crippen molar-refractivity contribution in [2.45, 2.75) is 18.8 Å². The van der Waals surface area contributed by atoms with Crippen molar-refractivity contribution in [3.63, 3.8) is 0 Å². The third-order valence-electron chi connectivity index (χ3n) is 4.38. The normalized spacial score (nSPS) is 14.1. The van der Waals surface area contributed by atoms with Crippen molar-refractivity contribution < 1.29 is 4.79 Å². The molecular formula is C18H15N5OS. The number of benzene rings is 1. The zero-order chi connectivity index (χ0) is 16.8. The van der Waals surface area contributed by atoms with Crippen LogP contribution < -0.4 is 5.32 Å². The quantitative estimate of drug-likeness (QED) is 0.586. The molecule has 1 aromatic carbocycles. The van der Waals surface area contributed by atoms with Crippen LogP contribution in [0.5, 0.6) is 0 Å². The molecule has 1 aliphatic carbocycles. The molecule has 3 heterocycles. The van der Waals surface area contributed by atoms with Gasteiger partial charge in [0.05, 0.1) is 5.69 Å². The second kappa shape index (κ2) is 5.56. The number of hydrogen-bond acceptors (Lipinski definition) is 4. The van der Waals surface area contributed by atoms with Gasteiger partial charge in [0.1, 0.15) is 0 Å². The molecular weight excluding hydrogens is 334 g/mol. The number of nitrogens with one attached hydrogen (secondary N) is 2. The lowest BCUT2D eigenvalue weighted by molar-refractivity contribution is 0.102. The highest BCUT2D eigenvalue weighted by Gasteiger charge is 2.26. The Kier molecular flexibility index (Phi) is 3.21. The Labute approximate surface area is 147 Å². The molecule has 5 rings (SSSR count). The van der Waals surface area contributed by atoms with Crippen LogP contribution in [0.4, 0.5) is 5.69 Å². The van der Waals surface area contributed by atoms with Crippen LogP contribution in [0.1, 0.15) is 34.9 Å². The van der Waals surface area contributed by atoms with E-state index in [0.29, 0.717) is 11.6 Å². The van der Waals surface area contributed by atoms with E-state index in [9.17, 15) is 4.79 Å². The molecule has 25 heavy (non-hydrogen) atoms. The van der Waals surface area contributed by atoms with Gasteiger partial charge in [0.15, 0.2) is 10.7 Å². The standard InChI is InChI=1S/C18H15N5OS/c24-17(15-9-14(21-22-15)11-1-2-11)19-13-5-3-12(4-6-13)16-10-23-7-8-25-18(23)20-16/h3-11H,1-2H2,(H,19,24)(H,21,22). The maximum absolute atomic E-state index is 12.3. The fraction of sp³-hybridized carbons (Fsp3) is 0.167. The number of rotatable bonds is 4. The smallest absolute Gasteiger partial charge is 0.276 e. The second-order valence-electron chi connectivity index (χ2n) is 6.23. The number of anilines is 1. The maximum Gasteiger partial charge on any atom is 0.276 e. The maximum atomic E-state index is 12.3. The molecule has 1 aliphatic rings. The van der Waals surface area contributed by atoms with Crippen LogP contribution >= 0.6 is 11.3 Å². The first-order chi connectivity index (χ1) is 12.3. The number of imidazole rings is 1. The number of amides is 1. The summed E-state index contributed by atoms with van der Waals surface area (Å²) in [5.41, 5.74) is 4.17. The number of fused-ring (bicyclic) bond motifs is 1. The van der Waals surface area contributed by atoms with Crippen LogP contribution in [0.25, 0.3) is 16.2 Å². The molecule has 7 heteroatoms. The van der Waals surface area contributed by atoms with Gasteiger partial charge in [-0.15, -0.1) is 11.3 Å². The number of H-pyrrole nitrogens is 1. The van der Waals surface area contributed by atoms with Crippen LogP contribution in [-0.4, -0.2) is 25.5 Å². The van der Waals surface area contributed by atoms with Crippen molar-refractivity contribution in [3.05, 3.63) is 59.5 Å². The molecule has 0 radical (unpaired) electrons. The van der Waals surface area contributed by atoms with E-state index in [1.54, 1.807) is 11.3 Å². The van der Waals surface area contributed by atoms with E-state index >= 15 is 0 Å². The predicted octanol–water partition coefficient (Wildman–Crippen LogP) is 3.92. The zero-order valence-corrected chi connectivity index (χ0v) is 14.1. The lowest BCUT2D eigenvalue weighted by atomic mass is 10.1. The number of nitrogens with zero attached hydrogens (tertiary/aromatic N) is 3. The molecule has 0 spiro atoms. The summed E-state index contributed by atoms with van der Waals surface area (Å²) < 4.78 is 2.00. The number of carbonyl (C=O) groups is 1. The average molecular weight is 349 g/mol. The first-order valence-corrected chi connectivity index (χ1v) is 9.03. The van der Waals surface area contributed by atoms with E-state index in [2.05, 4.69) is 20.5 Å². The summed E-state index contributed by atoms with van der Waals surface area (Å²) in [4.78, 5) is 17.9. The Bertz CT molecular complexity index is 1030. The molecule has 0 saturated heterocycles. The van der Waals surface area contributed by atoms with E-state index in [0.717, 1.165) is 27.6 Å². The molecule has 1 fully saturated rings. The van der Waals surface area contributed by atoms with Gasteiger partial charge >= 0.3 is 0 Å². The second-order valence-corrected chi connectivity index (χ2v) is 7.11. The average Bonchev–Trinajstić information content (AvgIpc) is 3.03. The Morgan fingerprint density at radius 1 is 1.28 bits per heavy atom. The van der Waals surface area contributed by atoms with E-state index in [-0.39, 0.29) is 5.91 Å². The van der Waals surface area contributed by atoms with E-state index in [1.807, 2.05) is 52.5 Å². The fourth-order valence-corrected chi connectivity index (χ4v) is 3.54. The third kappa shape index (κ3) is 2.72. The van der Waals surface area contributed by atoms with Gasteiger partial charge in [0, 0.05) is 40.6 Å². The molecule has 0 aliphatic heterocycles. The molecule has 6 nitrogen and oxygen atoms in total. The number of hydrogen-bond donors (Lipinski definition) is 2. The molecule has 1 saturated carbocycles. The monoisotopic (exact) mass is 349 g/mol. The van der Waals surface area contributed by atoms with E-state index < -0.39 is 0 Å². The van der Waals surface area contributed by atoms with Crippen molar-refractivity contribution >= 4 is 27.9 Å². The molecule has 3 aromatic heterocycles. The van der Waals surface area contributed by atoms with Gasteiger partial charge in [-0.05, 0) is 31.0 Å². The highest BCUT2D eigenvalue weighted by Crippen LogP contribution is 2.39. The first-order valence-electron chi connectivity index (χ1n) is 8.15. The summed E-state index contributed by atoms with van der Waals surface area (Å²) in [5.74, 6) is 0.358. The molecule has 0 atom stereocenters. The van der Waals surface area contributed by atoms with Crippen LogP contribution in [0, 0.1) is 0 Å². The molecule has 0 unspecified atom stereocenters. The van der Waals surface area contributed by atoms with Gasteiger partial charge in [-0.1, -0.05) is 12.1 Å². The minimum absolute atomic E-state index is 0.196. The molecule has 4 aromatic rings. The number of thiazole rings is 1. The van der Waals surface area contributed by atoms with Crippen molar-refractivity contribution in [1.82, 2.24) is 19.6 Å². The van der Waals surface area contributed by atoms with Gasteiger partial charge in [0.2, 0.25) is 0 Å². The van der Waals surface area contributed by atoms with Gasteiger partial charge in [-0.2, -0.15) is 5.10 Å². The minimum Gasteiger partial charge on any atom is -0.321 e. The summed E-state index contributed by atoms with van der Waals surface area (Å²) >= 11 is 1.61. The van der Waals surface area contributed by atoms with Gasteiger partial charge < -0.3 is 5.32 Å². The van der Waals surface area contributed by atoms with E-state index in [1.165, 1.54) is 12.8 Å². The van der Waals surface area contributed by atoms with Crippen LogP contribution in [0.3, 0.4) is 0 Å². The summed E-state index contributed by atoms with van der Waals surface area (Å²) in [5, 5.41) is 12.0. The largest absolute Gasteiger partial charge is 0.321 e. The van der Waals surface area contributed by atoms with Crippen molar-refractivity contribution in [2.24, 2.45) is 0 Å². The van der Waals surface area contributed by atoms with Crippen LogP contribution in [0.2, 0.25) is 0 Å². The Hall–Kier alpha value is -2.93. The summed E-state index contributed by atoms with van der Waals surface area (Å²) in [6, 6.07) is 9.54. The molecule has 124 valence electrons. The third-order valence-corrected chi connectivity index (χ3v) is 5.15. The summed E-state index contributed by atoms with van der Waals surface area (Å²) in [7, 11) is 0. The first kappa shape index (κ1) is 14.4. The minimum atomic E-state index is -0.196. The van der Waals surface area contributed by atoms with Crippen molar-refractivity contribution in [1.29, 1.82) is 0 Å². The van der Waals surface area contributed by atoms with Gasteiger partial charge in [-0.25, -0.2) is 4.98 Å². The highest BCUT2D eigenvalue weighted by atomic mass is 32.1. The molecule has 1 amide bonds. The van der Waals surface area contributed by atoms with Crippen molar-refractivity contribution in [2.75, 3.05) is 5.32 Å². The zero-order valence-electron chi connectivity index (χ0n) is 13.3. The van der Waals surface area contributed by atoms with E-state index in [4.69, 9.17) is 0 Å². The topological polar surface area (TPSA) is 75.1 Å². The number of aromatic nitrogens is 4. The molecule has 0 bridgehead atoms. The lowest BCUT2D eigenvalue weighted by Crippen LogP contribution is -2.12. The predicted molar refractivity (Wildman–Crippen MR) is 97.0 cm³/mol. The number of aromatic amines is 1. The van der Waals surface area contributed by atoms with Crippen LogP contribution in [0.15, 0.2) is 48.1 Å². The van der Waals surface area contributed by atoms with Crippen LogP contribution in [-0.2, 0) is 0 Å². The van der Waals surface area contributed by atoms with Gasteiger partial charge in [0.25, 0.3) is 5.91 Å². The summed E-state index contributed by atoms with van der Waals surface area (Å²) in [6.07, 6.45) is 6.35. The Morgan fingerprint density at radius 3 is 2.88 bits per heavy atom. The SMILES string of the molecule is O=C(Nc1ccc(-c2cn3ccsc3n2)cc1)c1cc(C2CC2)[nH]n1.